The van der Waals surface area contributed by atoms with Gasteiger partial charge in [-0.05, 0) is 0 Å². The number of rotatable bonds is 5. The summed E-state index contributed by atoms with van der Waals surface area (Å²) in [6, 6.07) is 0. The first-order valence-corrected chi connectivity index (χ1v) is 7.62. The van der Waals surface area contributed by atoms with Crippen molar-refractivity contribution in [3.8, 4) is 0 Å². The molecule has 12 heteroatoms. The molecule has 122 valence electrons. The summed E-state index contributed by atoms with van der Waals surface area (Å²) in [5.41, 5.74) is 3.67. The van der Waals surface area contributed by atoms with E-state index < -0.39 is 50.0 Å². The van der Waals surface area contributed by atoms with E-state index in [2.05, 4.69) is 9.51 Å². The molecule has 0 saturated carbocycles. The van der Waals surface area contributed by atoms with Crippen molar-refractivity contribution in [2.24, 2.45) is 5.73 Å². The lowest BCUT2D eigenvalue weighted by Gasteiger charge is -2.18. The second-order valence-electron chi connectivity index (χ2n) is 4.59. The minimum Gasteiger partial charge on any atom is -0.388 e. The number of ether oxygens (including phenoxy) is 1. The molecule has 1 aliphatic rings. The number of nitrogens with zero attached hydrogens (tertiary/aromatic N) is 2. The molecule has 1 aromatic heterocycles. The van der Waals surface area contributed by atoms with Crippen LogP contribution in [0.2, 0.25) is 0 Å². The molecule has 1 fully saturated rings. The van der Waals surface area contributed by atoms with Crippen LogP contribution >= 0.6 is 7.82 Å². The number of primary amides is 1. The van der Waals surface area contributed by atoms with Gasteiger partial charge in [-0.1, -0.05) is 0 Å². The van der Waals surface area contributed by atoms with Gasteiger partial charge in [0.2, 0.25) is 0 Å². The summed E-state index contributed by atoms with van der Waals surface area (Å²) in [5.74, 6) is -1.02. The highest BCUT2D eigenvalue weighted by Crippen LogP contribution is 2.38. The Bertz CT molecular complexity index is 670. The standard InChI is InChI=1S/C10H14N3O8P/c11-8(15)7-9(16)13(2-1-12-7)10-6(14)3-5(21-10)4-20-22(17,18)19/h1-2,5-6,10,14H,3-4H2,(H2,11,15)(H2,17,18,19)/t5-,6+,10+/m0/s1. The monoisotopic (exact) mass is 335 g/mol. The highest BCUT2D eigenvalue weighted by atomic mass is 31.2. The number of aliphatic hydroxyl groups is 1. The Labute approximate surface area is 123 Å². The van der Waals surface area contributed by atoms with Crippen molar-refractivity contribution < 1.29 is 33.5 Å². The van der Waals surface area contributed by atoms with Crippen LogP contribution in [-0.4, -0.2) is 49.2 Å². The van der Waals surface area contributed by atoms with Gasteiger partial charge in [-0.3, -0.25) is 18.7 Å². The van der Waals surface area contributed by atoms with Crippen LogP contribution in [0.1, 0.15) is 23.1 Å². The van der Waals surface area contributed by atoms with E-state index >= 15 is 0 Å². The lowest BCUT2D eigenvalue weighted by molar-refractivity contribution is -0.0520. The van der Waals surface area contributed by atoms with Crippen LogP contribution in [0.15, 0.2) is 17.2 Å². The van der Waals surface area contributed by atoms with Gasteiger partial charge in [0.05, 0.1) is 12.7 Å². The van der Waals surface area contributed by atoms with E-state index in [1.54, 1.807) is 0 Å². The summed E-state index contributed by atoms with van der Waals surface area (Å²) in [5, 5.41) is 9.93. The molecule has 1 aliphatic heterocycles. The number of nitrogens with two attached hydrogens (primary N) is 1. The van der Waals surface area contributed by atoms with Crippen LogP contribution in [0.3, 0.4) is 0 Å². The normalized spacial score (nSPS) is 25.3. The van der Waals surface area contributed by atoms with Gasteiger partial charge in [-0.15, -0.1) is 0 Å². The first-order chi connectivity index (χ1) is 10.2. The first-order valence-electron chi connectivity index (χ1n) is 6.09. The number of hydrogen-bond donors (Lipinski definition) is 4. The number of amides is 1. The maximum atomic E-state index is 12.0. The third-order valence-electron chi connectivity index (χ3n) is 2.97. The van der Waals surface area contributed by atoms with Crippen molar-refractivity contribution in [1.29, 1.82) is 0 Å². The summed E-state index contributed by atoms with van der Waals surface area (Å²) in [4.78, 5) is 43.9. The molecule has 11 nitrogen and oxygen atoms in total. The molecule has 2 rings (SSSR count). The average molecular weight is 335 g/mol. The van der Waals surface area contributed by atoms with Crippen LogP contribution in [0, 0.1) is 0 Å². The van der Waals surface area contributed by atoms with Gasteiger partial charge in [0.25, 0.3) is 11.5 Å². The van der Waals surface area contributed by atoms with E-state index in [0.29, 0.717) is 0 Å². The van der Waals surface area contributed by atoms with Crippen molar-refractivity contribution in [3.63, 3.8) is 0 Å². The van der Waals surface area contributed by atoms with E-state index in [9.17, 15) is 19.3 Å². The van der Waals surface area contributed by atoms with Gasteiger partial charge in [-0.25, -0.2) is 9.55 Å². The molecule has 0 aliphatic carbocycles. The Morgan fingerprint density at radius 1 is 1.59 bits per heavy atom. The second kappa shape index (κ2) is 6.24. The van der Waals surface area contributed by atoms with Gasteiger partial charge in [0.15, 0.2) is 11.9 Å². The Balaban J connectivity index is 2.17. The Morgan fingerprint density at radius 2 is 2.27 bits per heavy atom. The van der Waals surface area contributed by atoms with Gasteiger partial charge in [0.1, 0.15) is 6.10 Å². The van der Waals surface area contributed by atoms with Crippen molar-refractivity contribution in [2.75, 3.05) is 6.61 Å². The Kier molecular flexibility index (Phi) is 4.75. The summed E-state index contributed by atoms with van der Waals surface area (Å²) < 4.78 is 21.2. The maximum absolute atomic E-state index is 12.0. The van der Waals surface area contributed by atoms with Crippen LogP contribution in [0.25, 0.3) is 0 Å². The molecular formula is C10H14N3O8P. The molecule has 1 saturated heterocycles. The molecule has 0 unspecified atom stereocenters. The molecule has 0 radical (unpaired) electrons. The molecule has 22 heavy (non-hydrogen) atoms. The Hall–Kier alpha value is -1.62. The van der Waals surface area contributed by atoms with Gasteiger partial charge in [-0.2, -0.15) is 0 Å². The first kappa shape index (κ1) is 16.7. The Morgan fingerprint density at radius 3 is 2.86 bits per heavy atom. The molecule has 2 heterocycles. The molecule has 1 amide bonds. The fourth-order valence-electron chi connectivity index (χ4n) is 2.06. The quantitative estimate of drug-likeness (QED) is 0.448. The van der Waals surface area contributed by atoms with E-state index in [-0.39, 0.29) is 6.42 Å². The van der Waals surface area contributed by atoms with Gasteiger partial charge < -0.3 is 25.4 Å². The molecule has 0 aromatic carbocycles. The summed E-state index contributed by atoms with van der Waals surface area (Å²) in [6.07, 6.45) is -0.757. The largest absolute Gasteiger partial charge is 0.469 e. The third kappa shape index (κ3) is 3.77. The van der Waals surface area contributed by atoms with E-state index in [4.69, 9.17) is 20.3 Å². The predicted molar refractivity (Wildman–Crippen MR) is 69.5 cm³/mol. The molecule has 3 atom stereocenters. The smallest absolute Gasteiger partial charge is 0.388 e. The van der Waals surface area contributed by atoms with Crippen molar-refractivity contribution in [2.45, 2.75) is 24.9 Å². The zero-order valence-corrected chi connectivity index (χ0v) is 12.0. The van der Waals surface area contributed by atoms with E-state index in [1.807, 2.05) is 0 Å². The fraction of sp³-hybridized carbons (Fsp3) is 0.500. The van der Waals surface area contributed by atoms with Crippen molar-refractivity contribution in [3.05, 3.63) is 28.4 Å². The van der Waals surface area contributed by atoms with Gasteiger partial charge >= 0.3 is 7.82 Å². The molecule has 0 spiro atoms. The molecule has 1 aromatic rings. The van der Waals surface area contributed by atoms with Crippen LogP contribution in [0.4, 0.5) is 0 Å². The lowest BCUT2D eigenvalue weighted by atomic mass is 10.2. The zero-order valence-electron chi connectivity index (χ0n) is 11.1. The molecular weight excluding hydrogens is 321 g/mol. The number of phosphoric acid groups is 1. The number of carbonyl (C=O) groups is 1. The topological polar surface area (TPSA) is 174 Å². The van der Waals surface area contributed by atoms with Crippen molar-refractivity contribution >= 4 is 13.7 Å². The maximum Gasteiger partial charge on any atom is 0.469 e. The predicted octanol–water partition coefficient (Wildman–Crippen LogP) is -1.90. The lowest BCUT2D eigenvalue weighted by Crippen LogP contribution is -2.35. The number of aliphatic hydroxyl groups excluding tert-OH is 1. The highest BCUT2D eigenvalue weighted by Gasteiger charge is 2.37. The summed E-state index contributed by atoms with van der Waals surface area (Å²) in [7, 11) is -4.66. The average Bonchev–Trinajstić information content (AvgIpc) is 2.77. The van der Waals surface area contributed by atoms with E-state index in [0.717, 1.165) is 10.8 Å². The fourth-order valence-corrected chi connectivity index (χ4v) is 2.42. The van der Waals surface area contributed by atoms with E-state index in [1.165, 1.54) is 6.20 Å². The number of carbonyl (C=O) groups excluding carboxylic acids is 1. The molecule has 5 N–H and O–H groups in total. The zero-order chi connectivity index (χ0) is 16.5. The van der Waals surface area contributed by atoms with Crippen LogP contribution in [0.5, 0.6) is 0 Å². The summed E-state index contributed by atoms with van der Waals surface area (Å²) >= 11 is 0. The minimum atomic E-state index is -4.66. The minimum absolute atomic E-state index is 0.00860. The molecule has 0 bridgehead atoms. The van der Waals surface area contributed by atoms with Crippen molar-refractivity contribution in [1.82, 2.24) is 9.55 Å². The SMILES string of the molecule is NC(=O)c1nccn([C@@H]2O[C@H](COP(=O)(O)O)C[C@H]2O)c1=O. The van der Waals surface area contributed by atoms with Gasteiger partial charge in [0, 0.05) is 18.8 Å². The van der Waals surface area contributed by atoms with Crippen LogP contribution in [-0.2, 0) is 13.8 Å². The second-order valence-corrected chi connectivity index (χ2v) is 5.83. The number of hydrogen-bond acceptors (Lipinski definition) is 7. The third-order valence-corrected chi connectivity index (χ3v) is 3.45. The number of aromatic nitrogens is 2. The summed E-state index contributed by atoms with van der Waals surface area (Å²) in [6.45, 7) is -0.458. The van der Waals surface area contributed by atoms with Crippen LogP contribution < -0.4 is 11.3 Å². The highest BCUT2D eigenvalue weighted by molar-refractivity contribution is 7.46. The number of phosphoric ester groups is 1.